The minimum atomic E-state index is -4.30. The molecule has 0 heterocycles. The maximum absolute atomic E-state index is 11.8. The largest absolute Gasteiger partial charge is 0.401 e. The van der Waals surface area contributed by atoms with Crippen molar-refractivity contribution in [3.63, 3.8) is 0 Å². The minimum Gasteiger partial charge on any atom is -0.325 e. The molecule has 0 aromatic heterocycles. The van der Waals surface area contributed by atoms with Crippen LogP contribution >= 0.6 is 0 Å². The second kappa shape index (κ2) is 6.39. The summed E-state index contributed by atoms with van der Waals surface area (Å²) in [6.45, 7) is 0.442. The molecule has 0 aliphatic carbocycles. The van der Waals surface area contributed by atoms with Crippen LogP contribution in [0.1, 0.15) is 12.5 Å². The minimum absolute atomic E-state index is 0.365. The van der Waals surface area contributed by atoms with Gasteiger partial charge in [-0.1, -0.05) is 19.1 Å². The third kappa shape index (κ3) is 5.67. The Labute approximate surface area is 103 Å². The molecule has 0 aliphatic heterocycles. The number of anilines is 1. The van der Waals surface area contributed by atoms with Gasteiger partial charge in [-0.25, -0.2) is 0 Å². The predicted molar refractivity (Wildman–Crippen MR) is 63.4 cm³/mol. The van der Waals surface area contributed by atoms with E-state index in [2.05, 4.69) is 5.32 Å². The van der Waals surface area contributed by atoms with E-state index >= 15 is 0 Å². The number of alkyl halides is 3. The molecule has 6 heteroatoms. The number of aryl methyl sites for hydroxylation is 1. The molecular weight excluding hydrogens is 245 g/mol. The fourth-order valence-electron chi connectivity index (χ4n) is 1.39. The number of hydrogen-bond donors (Lipinski definition) is 2. The van der Waals surface area contributed by atoms with Crippen molar-refractivity contribution in [3.05, 3.63) is 29.8 Å². The fourth-order valence-corrected chi connectivity index (χ4v) is 1.39. The lowest BCUT2D eigenvalue weighted by atomic mass is 10.1. The highest BCUT2D eigenvalue weighted by Gasteiger charge is 2.26. The SMILES string of the molecule is CCc1cccc(NC(=O)CNCC(F)(F)F)c1. The topological polar surface area (TPSA) is 41.1 Å². The third-order valence-corrected chi connectivity index (χ3v) is 2.23. The number of nitrogens with one attached hydrogen (secondary N) is 2. The Morgan fingerprint density at radius 2 is 2.06 bits per heavy atom. The summed E-state index contributed by atoms with van der Waals surface area (Å²) in [5.41, 5.74) is 1.64. The lowest BCUT2D eigenvalue weighted by Crippen LogP contribution is -2.35. The van der Waals surface area contributed by atoms with Crippen molar-refractivity contribution < 1.29 is 18.0 Å². The number of amides is 1. The van der Waals surface area contributed by atoms with E-state index in [0.29, 0.717) is 5.69 Å². The highest BCUT2D eigenvalue weighted by molar-refractivity contribution is 5.92. The van der Waals surface area contributed by atoms with Gasteiger partial charge in [-0.2, -0.15) is 13.2 Å². The number of hydrogen-bond acceptors (Lipinski definition) is 2. The zero-order valence-electron chi connectivity index (χ0n) is 9.97. The van der Waals surface area contributed by atoms with Gasteiger partial charge in [0.25, 0.3) is 0 Å². The van der Waals surface area contributed by atoms with Crippen LogP contribution in [0.4, 0.5) is 18.9 Å². The first-order valence-electron chi connectivity index (χ1n) is 5.57. The van der Waals surface area contributed by atoms with Gasteiger partial charge in [-0.05, 0) is 24.1 Å². The van der Waals surface area contributed by atoms with Gasteiger partial charge >= 0.3 is 6.18 Å². The van der Waals surface area contributed by atoms with Crippen molar-refractivity contribution in [2.45, 2.75) is 19.5 Å². The van der Waals surface area contributed by atoms with Crippen LogP contribution in [-0.2, 0) is 11.2 Å². The van der Waals surface area contributed by atoms with Gasteiger partial charge in [0.15, 0.2) is 0 Å². The Kier molecular flexibility index (Phi) is 5.15. The quantitative estimate of drug-likeness (QED) is 0.853. The van der Waals surface area contributed by atoms with Crippen LogP contribution in [0.5, 0.6) is 0 Å². The molecule has 1 aromatic rings. The lowest BCUT2D eigenvalue weighted by Gasteiger charge is -2.09. The van der Waals surface area contributed by atoms with Crippen LogP contribution in [0.3, 0.4) is 0 Å². The summed E-state index contributed by atoms with van der Waals surface area (Å²) in [5.74, 6) is -0.493. The summed E-state index contributed by atoms with van der Waals surface area (Å²) in [6.07, 6.45) is -3.47. The third-order valence-electron chi connectivity index (χ3n) is 2.23. The van der Waals surface area contributed by atoms with Gasteiger partial charge < -0.3 is 10.6 Å². The van der Waals surface area contributed by atoms with Gasteiger partial charge in [-0.3, -0.25) is 4.79 Å². The summed E-state index contributed by atoms with van der Waals surface area (Å²) in [7, 11) is 0. The average Bonchev–Trinajstić information content (AvgIpc) is 2.27. The Morgan fingerprint density at radius 1 is 1.33 bits per heavy atom. The summed E-state index contributed by atoms with van der Waals surface area (Å²) in [4.78, 5) is 11.4. The van der Waals surface area contributed by atoms with Gasteiger partial charge in [0.2, 0.25) is 5.91 Å². The number of carbonyl (C=O) groups is 1. The van der Waals surface area contributed by atoms with Crippen LogP contribution in [-0.4, -0.2) is 25.2 Å². The van der Waals surface area contributed by atoms with E-state index in [1.165, 1.54) is 0 Å². The number of rotatable bonds is 5. The van der Waals surface area contributed by atoms with E-state index in [-0.39, 0.29) is 6.54 Å². The highest BCUT2D eigenvalue weighted by Crippen LogP contribution is 2.12. The molecule has 0 spiro atoms. The van der Waals surface area contributed by atoms with Crippen LogP contribution in [0.25, 0.3) is 0 Å². The number of halogens is 3. The van der Waals surface area contributed by atoms with E-state index in [0.717, 1.165) is 12.0 Å². The molecule has 0 aliphatic rings. The summed E-state index contributed by atoms with van der Waals surface area (Å²) in [6, 6.07) is 7.19. The van der Waals surface area contributed by atoms with Crippen molar-refractivity contribution in [1.29, 1.82) is 0 Å². The molecule has 2 N–H and O–H groups in total. The first-order valence-corrected chi connectivity index (χ1v) is 5.57. The molecule has 3 nitrogen and oxygen atoms in total. The molecule has 0 bridgehead atoms. The lowest BCUT2D eigenvalue weighted by molar-refractivity contribution is -0.126. The van der Waals surface area contributed by atoms with Gasteiger partial charge in [0, 0.05) is 5.69 Å². The molecule has 0 fully saturated rings. The van der Waals surface area contributed by atoms with Gasteiger partial charge in [-0.15, -0.1) is 0 Å². The van der Waals surface area contributed by atoms with Crippen molar-refractivity contribution in [1.82, 2.24) is 5.32 Å². The molecule has 0 unspecified atom stereocenters. The van der Waals surface area contributed by atoms with E-state index in [1.54, 1.807) is 18.2 Å². The molecule has 100 valence electrons. The van der Waals surface area contributed by atoms with Crippen molar-refractivity contribution in [3.8, 4) is 0 Å². The molecule has 0 atom stereocenters. The van der Waals surface area contributed by atoms with E-state index in [4.69, 9.17) is 0 Å². The molecule has 1 rings (SSSR count). The average molecular weight is 260 g/mol. The second-order valence-electron chi connectivity index (χ2n) is 3.82. The first kappa shape index (κ1) is 14.5. The summed E-state index contributed by atoms with van der Waals surface area (Å²) >= 11 is 0. The summed E-state index contributed by atoms with van der Waals surface area (Å²) < 4.78 is 35.5. The van der Waals surface area contributed by atoms with Gasteiger partial charge in [0.05, 0.1) is 13.1 Å². The molecular formula is C12H15F3N2O. The van der Waals surface area contributed by atoms with Crippen LogP contribution < -0.4 is 10.6 Å². The maximum Gasteiger partial charge on any atom is 0.401 e. The smallest absolute Gasteiger partial charge is 0.325 e. The van der Waals surface area contributed by atoms with E-state index in [1.807, 2.05) is 18.3 Å². The number of carbonyl (C=O) groups excluding carboxylic acids is 1. The maximum atomic E-state index is 11.8. The zero-order valence-corrected chi connectivity index (χ0v) is 9.97. The van der Waals surface area contributed by atoms with Crippen molar-refractivity contribution in [2.24, 2.45) is 0 Å². The second-order valence-corrected chi connectivity index (χ2v) is 3.82. The van der Waals surface area contributed by atoms with Crippen LogP contribution in [0.15, 0.2) is 24.3 Å². The monoisotopic (exact) mass is 260 g/mol. The van der Waals surface area contributed by atoms with Crippen molar-refractivity contribution in [2.75, 3.05) is 18.4 Å². The first-order chi connectivity index (χ1) is 8.40. The van der Waals surface area contributed by atoms with Crippen molar-refractivity contribution >= 4 is 11.6 Å². The van der Waals surface area contributed by atoms with Gasteiger partial charge in [0.1, 0.15) is 0 Å². The standard InChI is InChI=1S/C12H15F3N2O/c1-2-9-4-3-5-10(6-9)17-11(18)7-16-8-12(13,14)15/h3-6,16H,2,7-8H2,1H3,(H,17,18). The molecule has 1 aromatic carbocycles. The fraction of sp³-hybridized carbons (Fsp3) is 0.417. The number of benzene rings is 1. The normalized spacial score (nSPS) is 11.3. The Bertz CT molecular complexity index is 405. The zero-order chi connectivity index (χ0) is 13.6. The summed E-state index contributed by atoms with van der Waals surface area (Å²) in [5, 5.41) is 4.57. The highest BCUT2D eigenvalue weighted by atomic mass is 19.4. The Hall–Kier alpha value is -1.56. The molecule has 1 amide bonds. The predicted octanol–water partition coefficient (Wildman–Crippen LogP) is 2.34. The molecule has 0 radical (unpaired) electrons. The van der Waals surface area contributed by atoms with Crippen LogP contribution in [0.2, 0.25) is 0 Å². The van der Waals surface area contributed by atoms with E-state index < -0.39 is 18.6 Å². The van der Waals surface area contributed by atoms with Crippen LogP contribution in [0, 0.1) is 0 Å². The Balaban J connectivity index is 2.40. The molecule has 0 saturated heterocycles. The van der Waals surface area contributed by atoms with E-state index in [9.17, 15) is 18.0 Å². The Morgan fingerprint density at radius 3 is 2.67 bits per heavy atom. The molecule has 18 heavy (non-hydrogen) atoms. The molecule has 0 saturated carbocycles.